The Hall–Kier alpha value is -3.09. The molecule has 2 amide bonds. The van der Waals surface area contributed by atoms with Crippen LogP contribution in [0.15, 0.2) is 29.2 Å². The zero-order chi connectivity index (χ0) is 21.8. The number of halogens is 3. The van der Waals surface area contributed by atoms with Crippen molar-refractivity contribution < 1.29 is 35.9 Å². The first kappa shape index (κ1) is 22.2. The monoisotopic (exact) mass is 434 g/mol. The molecule has 1 heterocycles. The first-order chi connectivity index (χ1) is 13.5. The molecule has 0 aliphatic rings. The highest BCUT2D eigenvalue weighted by atomic mass is 32.2. The highest BCUT2D eigenvalue weighted by molar-refractivity contribution is 7.90. The Kier molecular flexibility index (Phi) is 6.51. The van der Waals surface area contributed by atoms with E-state index in [9.17, 15) is 26.4 Å². The number of ether oxygens (including phenoxy) is 2. The van der Waals surface area contributed by atoms with Crippen LogP contribution in [0, 0.1) is 6.92 Å². The van der Waals surface area contributed by atoms with Gasteiger partial charge in [-0.1, -0.05) is 6.07 Å². The summed E-state index contributed by atoms with van der Waals surface area (Å²) >= 11 is 0. The van der Waals surface area contributed by atoms with Crippen LogP contribution in [0.3, 0.4) is 0 Å². The van der Waals surface area contributed by atoms with Crippen molar-refractivity contribution >= 4 is 22.0 Å². The number of anilines is 1. The van der Waals surface area contributed by atoms with Gasteiger partial charge in [-0.05, 0) is 26.0 Å². The maximum atomic E-state index is 13.3. The number of alkyl halides is 3. The van der Waals surface area contributed by atoms with E-state index in [1.165, 1.54) is 24.8 Å². The van der Waals surface area contributed by atoms with E-state index in [0.29, 0.717) is 11.8 Å². The summed E-state index contributed by atoms with van der Waals surface area (Å²) in [7, 11) is -3.65. The molecule has 0 aliphatic carbocycles. The Morgan fingerprint density at radius 1 is 1.24 bits per heavy atom. The summed E-state index contributed by atoms with van der Waals surface area (Å²) in [5, 5.41) is 2.04. The molecule has 0 saturated heterocycles. The van der Waals surface area contributed by atoms with Crippen LogP contribution in [-0.2, 0) is 16.2 Å². The van der Waals surface area contributed by atoms with Crippen LogP contribution in [0.4, 0.5) is 23.9 Å². The minimum absolute atomic E-state index is 0.0903. The average Bonchev–Trinajstić information content (AvgIpc) is 2.59. The predicted molar refractivity (Wildman–Crippen MR) is 95.3 cm³/mol. The van der Waals surface area contributed by atoms with Crippen molar-refractivity contribution in [1.29, 1.82) is 0 Å². The second-order valence-electron chi connectivity index (χ2n) is 5.50. The van der Waals surface area contributed by atoms with Crippen molar-refractivity contribution in [2.45, 2.75) is 24.9 Å². The second-order valence-corrected chi connectivity index (χ2v) is 7.12. The molecule has 29 heavy (non-hydrogen) atoms. The minimum atomic E-state index is -5.00. The molecule has 0 spiro atoms. The molecule has 1 aromatic heterocycles. The lowest BCUT2D eigenvalue weighted by molar-refractivity contribution is -0.140. The van der Waals surface area contributed by atoms with Crippen LogP contribution in [0.2, 0.25) is 0 Å². The normalized spacial score (nSPS) is 11.7. The smallest absolute Gasteiger partial charge is 0.417 e. The van der Waals surface area contributed by atoms with Gasteiger partial charge in [0.25, 0.3) is 10.0 Å². The summed E-state index contributed by atoms with van der Waals surface area (Å²) in [6.07, 6.45) is -5.00. The van der Waals surface area contributed by atoms with Crippen LogP contribution >= 0.6 is 0 Å². The predicted octanol–water partition coefficient (Wildman–Crippen LogP) is 2.72. The Balaban J connectivity index is 2.38. The quantitative estimate of drug-likeness (QED) is 0.717. The number of carbonyl (C=O) groups is 1. The molecule has 0 saturated carbocycles. The molecule has 0 bridgehead atoms. The van der Waals surface area contributed by atoms with E-state index in [1.807, 2.05) is 5.32 Å². The van der Waals surface area contributed by atoms with E-state index in [2.05, 4.69) is 9.97 Å². The van der Waals surface area contributed by atoms with Crippen LogP contribution in [0.25, 0.3) is 0 Å². The number of aromatic nitrogens is 2. The van der Waals surface area contributed by atoms with Gasteiger partial charge in [0, 0.05) is 11.8 Å². The fourth-order valence-electron chi connectivity index (χ4n) is 2.29. The van der Waals surface area contributed by atoms with Gasteiger partial charge in [0.1, 0.15) is 10.6 Å². The van der Waals surface area contributed by atoms with Gasteiger partial charge < -0.3 is 9.47 Å². The topological polar surface area (TPSA) is 120 Å². The Morgan fingerprint density at radius 3 is 2.52 bits per heavy atom. The van der Waals surface area contributed by atoms with Gasteiger partial charge in [-0.15, -0.1) is 0 Å². The van der Waals surface area contributed by atoms with Crippen molar-refractivity contribution in [2.24, 2.45) is 0 Å². The van der Waals surface area contributed by atoms with E-state index in [-0.39, 0.29) is 18.4 Å². The number of urea groups is 1. The summed E-state index contributed by atoms with van der Waals surface area (Å²) in [6.45, 7) is 2.95. The van der Waals surface area contributed by atoms with E-state index in [4.69, 9.17) is 9.47 Å². The largest absolute Gasteiger partial charge is 0.492 e. The van der Waals surface area contributed by atoms with Crippen LogP contribution in [-0.4, -0.2) is 38.1 Å². The molecule has 13 heteroatoms. The van der Waals surface area contributed by atoms with Gasteiger partial charge in [0.05, 0.1) is 19.3 Å². The number of nitrogens with one attached hydrogen (secondary N) is 2. The summed E-state index contributed by atoms with van der Waals surface area (Å²) in [4.78, 5) is 18.6. The second kappa shape index (κ2) is 8.51. The van der Waals surface area contributed by atoms with E-state index in [0.717, 1.165) is 12.1 Å². The van der Waals surface area contributed by atoms with Gasteiger partial charge in [0.2, 0.25) is 11.8 Å². The van der Waals surface area contributed by atoms with Crippen LogP contribution in [0.1, 0.15) is 18.2 Å². The molecule has 2 N–H and O–H groups in total. The third-order valence-corrected chi connectivity index (χ3v) is 4.76. The molecular formula is C16H17F3N4O5S. The number of aryl methyl sites for hydroxylation is 1. The number of carbonyl (C=O) groups excluding carboxylic acids is 1. The lowest BCUT2D eigenvalue weighted by Crippen LogP contribution is -2.36. The van der Waals surface area contributed by atoms with Crippen LogP contribution < -0.4 is 19.5 Å². The van der Waals surface area contributed by atoms with Crippen molar-refractivity contribution in [3.8, 4) is 11.6 Å². The maximum absolute atomic E-state index is 13.3. The minimum Gasteiger partial charge on any atom is -0.492 e. The van der Waals surface area contributed by atoms with E-state index in [1.54, 1.807) is 6.92 Å². The van der Waals surface area contributed by atoms with Gasteiger partial charge in [0.15, 0.2) is 0 Å². The molecule has 0 atom stereocenters. The van der Waals surface area contributed by atoms with E-state index >= 15 is 0 Å². The van der Waals surface area contributed by atoms with Gasteiger partial charge >= 0.3 is 12.2 Å². The molecule has 0 aliphatic heterocycles. The summed E-state index contributed by atoms with van der Waals surface area (Å²) in [6, 6.07) is 2.72. The van der Waals surface area contributed by atoms with Crippen molar-refractivity contribution in [1.82, 2.24) is 14.7 Å². The van der Waals surface area contributed by atoms with Gasteiger partial charge in [-0.2, -0.15) is 18.2 Å². The molecule has 0 radical (unpaired) electrons. The summed E-state index contributed by atoms with van der Waals surface area (Å²) < 4.78 is 76.5. The molecule has 158 valence electrons. The standard InChI is InChI=1S/C16H17F3N4O5S/c1-4-28-11-7-5-6-10(16(17,18)19)13(11)29(25,26)23-15(24)22-14-20-9(2)8-12(21-14)27-3/h5-8H,4H2,1-3H3,(H2,20,21,22,23,24). The molecule has 2 rings (SSSR count). The maximum Gasteiger partial charge on any atom is 0.417 e. The molecule has 1 aromatic carbocycles. The first-order valence-corrected chi connectivity index (χ1v) is 9.52. The van der Waals surface area contributed by atoms with Gasteiger partial charge in [-0.25, -0.2) is 22.9 Å². The number of amides is 2. The third-order valence-electron chi connectivity index (χ3n) is 3.35. The fourth-order valence-corrected chi connectivity index (χ4v) is 3.55. The highest BCUT2D eigenvalue weighted by Gasteiger charge is 2.40. The lowest BCUT2D eigenvalue weighted by Gasteiger charge is -2.17. The van der Waals surface area contributed by atoms with Crippen molar-refractivity contribution in [3.05, 3.63) is 35.5 Å². The van der Waals surface area contributed by atoms with Crippen molar-refractivity contribution in [3.63, 3.8) is 0 Å². The molecule has 9 nitrogen and oxygen atoms in total. The Labute approximate surface area is 164 Å². The zero-order valence-electron chi connectivity index (χ0n) is 15.5. The Morgan fingerprint density at radius 2 is 1.93 bits per heavy atom. The molecule has 0 unspecified atom stereocenters. The summed E-state index contributed by atoms with van der Waals surface area (Å²) in [5.41, 5.74) is -1.08. The first-order valence-electron chi connectivity index (χ1n) is 8.04. The number of rotatable bonds is 6. The van der Waals surface area contributed by atoms with E-state index < -0.39 is 38.4 Å². The fraction of sp³-hybridized carbons (Fsp3) is 0.312. The third kappa shape index (κ3) is 5.47. The highest BCUT2D eigenvalue weighted by Crippen LogP contribution is 2.38. The number of hydrogen-bond acceptors (Lipinski definition) is 7. The van der Waals surface area contributed by atoms with Crippen LogP contribution in [0.5, 0.6) is 11.6 Å². The number of nitrogens with zero attached hydrogens (tertiary/aromatic N) is 2. The molecular weight excluding hydrogens is 417 g/mol. The number of methoxy groups -OCH3 is 1. The van der Waals surface area contributed by atoms with Crippen molar-refractivity contribution in [2.75, 3.05) is 19.0 Å². The molecule has 2 aromatic rings. The molecule has 0 fully saturated rings. The van der Waals surface area contributed by atoms with Gasteiger partial charge in [-0.3, -0.25) is 5.32 Å². The zero-order valence-corrected chi connectivity index (χ0v) is 16.3. The Bertz CT molecular complexity index is 1010. The summed E-state index contributed by atoms with van der Waals surface area (Å²) in [5.74, 6) is -0.753. The SMILES string of the molecule is CCOc1cccc(C(F)(F)F)c1S(=O)(=O)NC(=O)Nc1nc(C)cc(OC)n1. The number of hydrogen-bond donors (Lipinski definition) is 2. The number of benzene rings is 1. The number of sulfonamides is 1. The average molecular weight is 434 g/mol. The lowest BCUT2D eigenvalue weighted by atomic mass is 10.2.